The highest BCUT2D eigenvalue weighted by atomic mass is 16.5. The van der Waals surface area contributed by atoms with Crippen LogP contribution in [0.4, 0.5) is 0 Å². The smallest absolute Gasteiger partial charge is 0.212 e. The zero-order chi connectivity index (χ0) is 9.56. The van der Waals surface area contributed by atoms with E-state index in [0.717, 1.165) is 5.06 Å². The highest BCUT2D eigenvalue weighted by molar-refractivity contribution is 5.88. The number of hydroxylamine groups is 2. The molecule has 0 bridgehead atoms. The summed E-state index contributed by atoms with van der Waals surface area (Å²) in [4.78, 5) is 3.45. The van der Waals surface area contributed by atoms with Gasteiger partial charge in [-0.1, -0.05) is 0 Å². The fraction of sp³-hybridized carbons (Fsp3) is 0.333. The minimum atomic E-state index is -0.281. The Morgan fingerprint density at radius 3 is 2.67 bits per heavy atom. The van der Waals surface area contributed by atoms with Gasteiger partial charge in [-0.05, 0) is 6.08 Å². The molecule has 0 aliphatic rings. The van der Waals surface area contributed by atoms with Crippen molar-refractivity contribution >= 4 is 12.2 Å². The van der Waals surface area contributed by atoms with Crippen molar-refractivity contribution in [3.05, 3.63) is 11.8 Å². The Labute approximate surface area is 70.6 Å². The Morgan fingerprint density at radius 1 is 1.67 bits per heavy atom. The minimum Gasteiger partial charge on any atom is -0.401 e. The van der Waals surface area contributed by atoms with Crippen molar-refractivity contribution < 1.29 is 5.21 Å². The van der Waals surface area contributed by atoms with Gasteiger partial charge in [-0.15, -0.1) is 0 Å². The van der Waals surface area contributed by atoms with Gasteiger partial charge in [0.15, 0.2) is 0 Å². The first-order valence-electron chi connectivity index (χ1n) is 3.25. The van der Waals surface area contributed by atoms with Crippen LogP contribution in [0.2, 0.25) is 0 Å². The Kier molecular flexibility index (Phi) is 4.66. The van der Waals surface area contributed by atoms with Crippen LogP contribution in [-0.2, 0) is 0 Å². The number of nitrogens with two attached hydrogens (primary N) is 2. The normalized spacial score (nSPS) is 12.8. The van der Waals surface area contributed by atoms with Crippen molar-refractivity contribution in [1.82, 2.24) is 5.06 Å². The van der Waals surface area contributed by atoms with Crippen LogP contribution in [0.25, 0.3) is 0 Å². The van der Waals surface area contributed by atoms with E-state index in [4.69, 9.17) is 22.1 Å². The lowest BCUT2D eigenvalue weighted by Crippen LogP contribution is -2.20. The predicted molar refractivity (Wildman–Crippen MR) is 47.1 cm³/mol. The van der Waals surface area contributed by atoms with Crippen molar-refractivity contribution in [2.24, 2.45) is 16.5 Å². The molecule has 0 spiro atoms. The summed E-state index contributed by atoms with van der Waals surface area (Å²) < 4.78 is 0. The summed E-state index contributed by atoms with van der Waals surface area (Å²) in [5.74, 6) is -0.281. The van der Waals surface area contributed by atoms with E-state index in [1.807, 2.05) is 0 Å². The lowest BCUT2D eigenvalue weighted by atomic mass is 10.4. The molecular weight excluding hydrogens is 158 g/mol. The van der Waals surface area contributed by atoms with Crippen molar-refractivity contribution in [3.63, 3.8) is 0 Å². The average molecular weight is 171 g/mol. The molecule has 0 heterocycles. The second-order valence-corrected chi connectivity index (χ2v) is 2.22. The number of nitrogens with zero attached hydrogens (tertiary/aromatic N) is 2. The van der Waals surface area contributed by atoms with E-state index >= 15 is 0 Å². The van der Waals surface area contributed by atoms with Gasteiger partial charge >= 0.3 is 0 Å². The predicted octanol–water partition coefficient (Wildman–Crippen LogP) is -0.886. The van der Waals surface area contributed by atoms with E-state index < -0.39 is 0 Å². The van der Waals surface area contributed by atoms with Gasteiger partial charge in [0.05, 0.1) is 6.54 Å². The highest BCUT2D eigenvalue weighted by Gasteiger charge is 1.91. The van der Waals surface area contributed by atoms with Crippen LogP contribution >= 0.6 is 0 Å². The Balaban J connectivity index is 3.92. The molecule has 6 N–H and O–H groups in total. The number of nitrogens with one attached hydrogen (secondary N) is 1. The second kappa shape index (κ2) is 5.28. The van der Waals surface area contributed by atoms with E-state index in [1.54, 1.807) is 0 Å². The molecule has 0 fully saturated rings. The Morgan fingerprint density at radius 2 is 2.25 bits per heavy atom. The zero-order valence-corrected chi connectivity index (χ0v) is 6.86. The molecule has 0 saturated heterocycles. The van der Waals surface area contributed by atoms with Crippen LogP contribution in [0.3, 0.4) is 0 Å². The van der Waals surface area contributed by atoms with Crippen molar-refractivity contribution in [2.75, 3.05) is 13.6 Å². The summed E-state index contributed by atoms with van der Waals surface area (Å²) in [6.07, 6.45) is 2.77. The monoisotopic (exact) mass is 171 g/mol. The molecule has 0 saturated carbocycles. The van der Waals surface area contributed by atoms with E-state index in [1.165, 1.54) is 19.3 Å². The van der Waals surface area contributed by atoms with Gasteiger partial charge in [-0.2, -0.15) is 5.06 Å². The van der Waals surface area contributed by atoms with Crippen LogP contribution in [0, 0.1) is 5.41 Å². The molecule has 0 aliphatic carbocycles. The molecule has 0 aromatic carbocycles. The molecule has 0 aromatic heterocycles. The molecule has 68 valence electrons. The van der Waals surface area contributed by atoms with E-state index in [2.05, 4.69) is 4.99 Å². The molecule has 6 nitrogen and oxygen atoms in total. The quantitative estimate of drug-likeness (QED) is 0.251. The first-order valence-corrected chi connectivity index (χ1v) is 3.25. The molecule has 0 amide bonds. The van der Waals surface area contributed by atoms with Gasteiger partial charge in [0.2, 0.25) is 5.96 Å². The molecule has 12 heavy (non-hydrogen) atoms. The van der Waals surface area contributed by atoms with E-state index in [0.29, 0.717) is 5.70 Å². The minimum absolute atomic E-state index is 0.226. The van der Waals surface area contributed by atoms with Crippen LogP contribution in [0.5, 0.6) is 0 Å². The number of hydrogen-bond acceptors (Lipinski definition) is 4. The first kappa shape index (κ1) is 10.6. The summed E-state index contributed by atoms with van der Waals surface area (Å²) in [6.45, 7) is 0.226. The largest absolute Gasteiger partial charge is 0.401 e. The summed E-state index contributed by atoms with van der Waals surface area (Å²) in [7, 11) is 1.48. The van der Waals surface area contributed by atoms with Gasteiger partial charge in [0.25, 0.3) is 0 Å². The number of allylic oxidation sites excluding steroid dienone is 1. The Bertz CT molecular complexity index is 208. The van der Waals surface area contributed by atoms with Gasteiger partial charge in [0, 0.05) is 19.0 Å². The standard InChI is InChI=1S/C6H13N5O/c1-11(12)4-5(7)2-3-10-6(8)9/h2-3,12H,4,7H2,1H3,(H3,8,9). The van der Waals surface area contributed by atoms with Crippen molar-refractivity contribution in [3.8, 4) is 0 Å². The number of aliphatic imine (C=N–C) groups is 1. The summed E-state index contributed by atoms with van der Waals surface area (Å²) >= 11 is 0. The number of guanidine groups is 1. The highest BCUT2D eigenvalue weighted by Crippen LogP contribution is 1.83. The third-order valence-corrected chi connectivity index (χ3v) is 0.914. The van der Waals surface area contributed by atoms with Gasteiger partial charge < -0.3 is 16.7 Å². The maximum absolute atomic E-state index is 8.73. The molecule has 0 atom stereocenters. The lowest BCUT2D eigenvalue weighted by molar-refractivity contribution is -0.0559. The summed E-state index contributed by atoms with van der Waals surface area (Å²) in [6, 6.07) is 0. The van der Waals surface area contributed by atoms with Gasteiger partial charge in [-0.3, -0.25) is 5.41 Å². The van der Waals surface area contributed by atoms with Crippen LogP contribution in [0.1, 0.15) is 0 Å². The van der Waals surface area contributed by atoms with Crippen LogP contribution in [-0.4, -0.2) is 36.0 Å². The number of rotatable bonds is 3. The molecule has 0 aliphatic heterocycles. The van der Waals surface area contributed by atoms with E-state index in [-0.39, 0.29) is 12.5 Å². The lowest BCUT2D eigenvalue weighted by Gasteiger charge is -2.06. The van der Waals surface area contributed by atoms with Crippen molar-refractivity contribution in [1.29, 1.82) is 5.41 Å². The van der Waals surface area contributed by atoms with E-state index in [9.17, 15) is 0 Å². The number of likely N-dealkylation sites (N-methyl/N-ethyl adjacent to an activating group) is 1. The fourth-order valence-corrected chi connectivity index (χ4v) is 0.530. The molecule has 0 unspecified atom stereocenters. The topological polar surface area (TPSA) is 112 Å². The molecule has 0 aromatic rings. The second-order valence-electron chi connectivity index (χ2n) is 2.22. The third-order valence-electron chi connectivity index (χ3n) is 0.914. The zero-order valence-electron chi connectivity index (χ0n) is 6.86. The maximum Gasteiger partial charge on any atom is 0.212 e. The third kappa shape index (κ3) is 6.72. The van der Waals surface area contributed by atoms with Crippen molar-refractivity contribution in [2.45, 2.75) is 0 Å². The van der Waals surface area contributed by atoms with Gasteiger partial charge in [0.1, 0.15) is 0 Å². The summed E-state index contributed by atoms with van der Waals surface area (Å²) in [5.41, 5.74) is 10.8. The molecule has 0 radical (unpaired) electrons. The first-order chi connectivity index (χ1) is 5.52. The van der Waals surface area contributed by atoms with Crippen LogP contribution < -0.4 is 11.5 Å². The summed E-state index contributed by atoms with van der Waals surface area (Å²) in [5, 5.41) is 16.4. The SMILES string of the molecule is CN(O)CC(N)=CC=NC(=N)N. The fourth-order valence-electron chi connectivity index (χ4n) is 0.530. The van der Waals surface area contributed by atoms with Crippen LogP contribution in [0.15, 0.2) is 16.8 Å². The Hall–Kier alpha value is -1.40. The molecular formula is C6H13N5O. The van der Waals surface area contributed by atoms with Gasteiger partial charge in [-0.25, -0.2) is 4.99 Å². The average Bonchev–Trinajstić information content (AvgIpc) is 1.84. The molecule has 0 rings (SSSR count). The molecule has 6 heteroatoms. The number of hydrogen-bond donors (Lipinski definition) is 4. The maximum atomic E-state index is 8.73.